The fourth-order valence-electron chi connectivity index (χ4n) is 2.93. The largest absolute Gasteiger partial charge is 0.497 e. The van der Waals surface area contributed by atoms with Crippen LogP contribution in [-0.4, -0.2) is 43.3 Å². The fraction of sp³-hybridized carbons (Fsp3) is 0.562. The first kappa shape index (κ1) is 18.7. The number of alkyl halides is 1. The van der Waals surface area contributed by atoms with E-state index in [-0.39, 0.29) is 27.2 Å². The lowest BCUT2D eigenvalue weighted by Gasteiger charge is -2.30. The van der Waals surface area contributed by atoms with Gasteiger partial charge < -0.3 is 9.64 Å². The van der Waals surface area contributed by atoms with E-state index >= 15 is 0 Å². The summed E-state index contributed by atoms with van der Waals surface area (Å²) in [5, 5.41) is 0. The molecule has 1 aliphatic rings. The van der Waals surface area contributed by atoms with Crippen molar-refractivity contribution in [1.29, 1.82) is 0 Å². The van der Waals surface area contributed by atoms with Gasteiger partial charge >= 0.3 is 0 Å². The molecule has 2 unspecified atom stereocenters. The van der Waals surface area contributed by atoms with Gasteiger partial charge in [-0.15, -0.1) is 17.0 Å². The van der Waals surface area contributed by atoms with E-state index in [4.69, 9.17) is 4.74 Å². The number of Topliss-reactive ketones (excluding diaryl/α,β-unsaturated/α-hetero) is 1. The van der Waals surface area contributed by atoms with Crippen LogP contribution in [0.4, 0.5) is 0 Å². The summed E-state index contributed by atoms with van der Waals surface area (Å²) in [7, 11) is 5.76. The standard InChI is InChI=1S/C16H22BrNO2.BrH/c1-18(2)11-10-16(9-8-14(17)15(16)19)12-4-6-13(20-3)7-5-12;/h4-7,14H,8-11H2,1-3H3;1H. The van der Waals surface area contributed by atoms with Gasteiger partial charge in [-0.2, -0.15) is 0 Å². The number of carbonyl (C=O) groups is 1. The number of halogens is 2. The maximum atomic E-state index is 12.7. The molecule has 2 rings (SSSR count). The molecule has 0 N–H and O–H groups in total. The first-order valence-electron chi connectivity index (χ1n) is 6.97. The van der Waals surface area contributed by atoms with Gasteiger partial charge in [-0.05, 0) is 57.6 Å². The summed E-state index contributed by atoms with van der Waals surface area (Å²) in [4.78, 5) is 14.8. The van der Waals surface area contributed by atoms with E-state index in [1.54, 1.807) is 7.11 Å². The molecule has 0 spiro atoms. The molecule has 1 aromatic rings. The molecule has 21 heavy (non-hydrogen) atoms. The molecule has 0 aliphatic heterocycles. The van der Waals surface area contributed by atoms with Gasteiger partial charge in [0.05, 0.1) is 17.4 Å². The topological polar surface area (TPSA) is 29.5 Å². The SMILES string of the molecule is Br.COc1ccc(C2(CCN(C)C)CCC(Br)C2=O)cc1. The van der Waals surface area contributed by atoms with Crippen LogP contribution in [0.5, 0.6) is 5.75 Å². The van der Waals surface area contributed by atoms with E-state index in [0.29, 0.717) is 5.78 Å². The monoisotopic (exact) mass is 419 g/mol. The zero-order valence-electron chi connectivity index (χ0n) is 12.8. The zero-order chi connectivity index (χ0) is 14.8. The molecule has 1 saturated carbocycles. The van der Waals surface area contributed by atoms with E-state index in [0.717, 1.165) is 37.1 Å². The van der Waals surface area contributed by atoms with Crippen LogP contribution in [0.1, 0.15) is 24.8 Å². The van der Waals surface area contributed by atoms with Crippen molar-refractivity contribution in [3.8, 4) is 5.75 Å². The van der Waals surface area contributed by atoms with E-state index in [9.17, 15) is 4.79 Å². The molecule has 5 heteroatoms. The van der Waals surface area contributed by atoms with Crippen LogP contribution in [0.15, 0.2) is 24.3 Å². The third kappa shape index (κ3) is 3.88. The number of nitrogens with zero attached hydrogens (tertiary/aromatic N) is 1. The molecule has 2 atom stereocenters. The molecule has 118 valence electrons. The van der Waals surface area contributed by atoms with Gasteiger partial charge in [-0.25, -0.2) is 0 Å². The van der Waals surface area contributed by atoms with Gasteiger partial charge in [0, 0.05) is 0 Å². The van der Waals surface area contributed by atoms with E-state index in [2.05, 4.69) is 20.8 Å². The Morgan fingerprint density at radius 3 is 2.38 bits per heavy atom. The lowest BCUT2D eigenvalue weighted by Crippen LogP contribution is -2.36. The van der Waals surface area contributed by atoms with Crippen LogP contribution < -0.4 is 4.74 Å². The second-order valence-corrected chi connectivity index (χ2v) is 6.84. The summed E-state index contributed by atoms with van der Waals surface area (Å²) >= 11 is 3.52. The van der Waals surface area contributed by atoms with Crippen molar-refractivity contribution in [2.24, 2.45) is 0 Å². The zero-order valence-corrected chi connectivity index (χ0v) is 16.1. The highest BCUT2D eigenvalue weighted by Gasteiger charge is 2.47. The van der Waals surface area contributed by atoms with Crippen LogP contribution in [0.25, 0.3) is 0 Å². The molecule has 1 aliphatic carbocycles. The van der Waals surface area contributed by atoms with Crippen molar-refractivity contribution in [2.45, 2.75) is 29.5 Å². The Hall–Kier alpha value is -0.390. The molecule has 0 radical (unpaired) electrons. The summed E-state index contributed by atoms with van der Waals surface area (Å²) in [6.45, 7) is 0.914. The highest BCUT2D eigenvalue weighted by Crippen LogP contribution is 2.44. The number of ether oxygens (including phenoxy) is 1. The van der Waals surface area contributed by atoms with Crippen LogP contribution in [0.2, 0.25) is 0 Å². The minimum absolute atomic E-state index is 0. The second-order valence-electron chi connectivity index (χ2n) is 5.73. The summed E-state index contributed by atoms with van der Waals surface area (Å²) in [6.07, 6.45) is 2.70. The average Bonchev–Trinajstić information content (AvgIpc) is 2.74. The third-order valence-corrected chi connectivity index (χ3v) is 5.08. The van der Waals surface area contributed by atoms with Gasteiger partial charge in [0.25, 0.3) is 0 Å². The van der Waals surface area contributed by atoms with Gasteiger partial charge in [0.1, 0.15) is 5.75 Å². The van der Waals surface area contributed by atoms with Gasteiger partial charge in [-0.1, -0.05) is 28.1 Å². The van der Waals surface area contributed by atoms with E-state index < -0.39 is 0 Å². The molecule has 0 amide bonds. The Balaban J connectivity index is 0.00000220. The van der Waals surface area contributed by atoms with Crippen molar-refractivity contribution in [3.63, 3.8) is 0 Å². The van der Waals surface area contributed by atoms with Gasteiger partial charge in [-0.3, -0.25) is 4.79 Å². The summed E-state index contributed by atoms with van der Waals surface area (Å²) in [5.74, 6) is 1.15. The lowest BCUT2D eigenvalue weighted by molar-refractivity contribution is -0.122. The molecule has 3 nitrogen and oxygen atoms in total. The highest BCUT2D eigenvalue weighted by atomic mass is 79.9. The molecule has 0 bridgehead atoms. The molecular weight excluding hydrogens is 398 g/mol. The molecule has 1 fully saturated rings. The van der Waals surface area contributed by atoms with Crippen LogP contribution in [-0.2, 0) is 10.2 Å². The lowest BCUT2D eigenvalue weighted by atomic mass is 9.75. The number of hydrogen-bond acceptors (Lipinski definition) is 3. The smallest absolute Gasteiger partial charge is 0.157 e. The molecule has 0 saturated heterocycles. The second kappa shape index (κ2) is 7.75. The number of ketones is 1. The molecule has 0 aromatic heterocycles. The predicted molar refractivity (Wildman–Crippen MR) is 95.1 cm³/mol. The number of rotatable bonds is 5. The van der Waals surface area contributed by atoms with Crippen molar-refractivity contribution in [2.75, 3.05) is 27.7 Å². The molecule has 0 heterocycles. The number of methoxy groups -OCH3 is 1. The Labute approximate surface area is 145 Å². The molecule has 1 aromatic carbocycles. The first-order chi connectivity index (χ1) is 9.49. The summed E-state index contributed by atoms with van der Waals surface area (Å²) in [5.41, 5.74) is 0.775. The Bertz CT molecular complexity index is 476. The van der Waals surface area contributed by atoms with Crippen molar-refractivity contribution in [3.05, 3.63) is 29.8 Å². The normalized spacial score (nSPS) is 25.0. The van der Waals surface area contributed by atoms with Crippen molar-refractivity contribution >= 4 is 38.7 Å². The highest BCUT2D eigenvalue weighted by molar-refractivity contribution is 9.10. The average molecular weight is 421 g/mol. The van der Waals surface area contributed by atoms with E-state index in [1.807, 2.05) is 38.4 Å². The quantitative estimate of drug-likeness (QED) is 0.681. The van der Waals surface area contributed by atoms with Gasteiger partial charge in [0.2, 0.25) is 0 Å². The van der Waals surface area contributed by atoms with Crippen LogP contribution >= 0.6 is 32.9 Å². The van der Waals surface area contributed by atoms with Crippen molar-refractivity contribution < 1.29 is 9.53 Å². The Morgan fingerprint density at radius 2 is 1.95 bits per heavy atom. The Morgan fingerprint density at radius 1 is 1.33 bits per heavy atom. The van der Waals surface area contributed by atoms with Crippen molar-refractivity contribution in [1.82, 2.24) is 4.90 Å². The summed E-state index contributed by atoms with van der Waals surface area (Å²) in [6, 6.07) is 7.97. The first-order valence-corrected chi connectivity index (χ1v) is 7.89. The molecular formula is C16H23Br2NO2. The summed E-state index contributed by atoms with van der Waals surface area (Å²) < 4.78 is 5.21. The van der Waals surface area contributed by atoms with Gasteiger partial charge in [0.15, 0.2) is 5.78 Å². The third-order valence-electron chi connectivity index (χ3n) is 4.21. The number of hydrogen-bond donors (Lipinski definition) is 0. The van der Waals surface area contributed by atoms with E-state index in [1.165, 1.54) is 0 Å². The minimum Gasteiger partial charge on any atom is -0.497 e. The number of benzene rings is 1. The maximum absolute atomic E-state index is 12.7. The minimum atomic E-state index is -0.343. The maximum Gasteiger partial charge on any atom is 0.157 e. The number of carbonyl (C=O) groups excluding carboxylic acids is 1. The Kier molecular flexibility index (Phi) is 6.88. The van der Waals surface area contributed by atoms with Crippen LogP contribution in [0, 0.1) is 0 Å². The fourth-order valence-corrected chi connectivity index (χ4v) is 3.60. The predicted octanol–water partition coefficient (Wildman–Crippen LogP) is 3.59. The van der Waals surface area contributed by atoms with Crippen LogP contribution in [0.3, 0.4) is 0 Å².